The zero-order valence-electron chi connectivity index (χ0n) is 15.0. The number of furan rings is 1. The maximum Gasteiger partial charge on any atom is 0.318 e. The van der Waals surface area contributed by atoms with E-state index in [1.807, 2.05) is 13.8 Å². The van der Waals surface area contributed by atoms with Crippen LogP contribution in [0.5, 0.6) is 0 Å². The molecule has 0 bridgehead atoms. The summed E-state index contributed by atoms with van der Waals surface area (Å²) in [7, 11) is 0. The molecule has 0 fully saturated rings. The molecule has 2 rings (SSSR count). The lowest BCUT2D eigenvalue weighted by atomic mass is 10.1. The number of rotatable bonds is 6. The third-order valence-electron chi connectivity index (χ3n) is 4.05. The SMILES string of the molecule is CCNC(=O)CN(CC)C(=O)N[C@H](C)c1oc2ccc(F)cc2c1C. The Morgan fingerprint density at radius 2 is 2.04 bits per heavy atom. The van der Waals surface area contributed by atoms with Crippen LogP contribution in [0, 0.1) is 12.7 Å². The van der Waals surface area contributed by atoms with Crippen molar-refractivity contribution in [2.24, 2.45) is 0 Å². The summed E-state index contributed by atoms with van der Waals surface area (Å²) in [6.07, 6.45) is 0. The summed E-state index contributed by atoms with van der Waals surface area (Å²) in [5.74, 6) is 0.0318. The zero-order chi connectivity index (χ0) is 18.6. The molecular weight excluding hydrogens is 325 g/mol. The molecule has 136 valence electrons. The lowest BCUT2D eigenvalue weighted by molar-refractivity contribution is -0.121. The molecule has 0 aliphatic heterocycles. The van der Waals surface area contributed by atoms with E-state index < -0.39 is 6.04 Å². The van der Waals surface area contributed by atoms with Gasteiger partial charge in [-0.25, -0.2) is 9.18 Å². The Balaban J connectivity index is 2.12. The van der Waals surface area contributed by atoms with Crippen molar-refractivity contribution in [3.05, 3.63) is 35.3 Å². The number of carbonyl (C=O) groups excluding carboxylic acids is 2. The Morgan fingerprint density at radius 1 is 1.32 bits per heavy atom. The third kappa shape index (κ3) is 4.29. The van der Waals surface area contributed by atoms with Gasteiger partial charge in [0.1, 0.15) is 23.7 Å². The largest absolute Gasteiger partial charge is 0.459 e. The smallest absolute Gasteiger partial charge is 0.318 e. The van der Waals surface area contributed by atoms with E-state index in [0.717, 1.165) is 5.56 Å². The molecule has 25 heavy (non-hydrogen) atoms. The van der Waals surface area contributed by atoms with Crippen molar-refractivity contribution in [3.63, 3.8) is 0 Å². The number of halogens is 1. The van der Waals surface area contributed by atoms with Gasteiger partial charge in [0.25, 0.3) is 0 Å². The number of aryl methyl sites for hydroxylation is 1. The average molecular weight is 349 g/mol. The number of carbonyl (C=O) groups is 2. The average Bonchev–Trinajstić information content (AvgIpc) is 2.89. The topological polar surface area (TPSA) is 74.6 Å². The van der Waals surface area contributed by atoms with Gasteiger partial charge in [-0.3, -0.25) is 4.79 Å². The Bertz CT molecular complexity index is 772. The van der Waals surface area contributed by atoms with Crippen molar-refractivity contribution >= 4 is 22.9 Å². The highest BCUT2D eigenvalue weighted by atomic mass is 19.1. The molecule has 0 saturated heterocycles. The van der Waals surface area contributed by atoms with Crippen molar-refractivity contribution in [3.8, 4) is 0 Å². The monoisotopic (exact) mass is 349 g/mol. The normalized spacial score (nSPS) is 12.0. The lowest BCUT2D eigenvalue weighted by Crippen LogP contribution is -2.46. The molecule has 0 spiro atoms. The highest BCUT2D eigenvalue weighted by Gasteiger charge is 2.22. The van der Waals surface area contributed by atoms with E-state index in [4.69, 9.17) is 4.42 Å². The van der Waals surface area contributed by atoms with Crippen molar-refractivity contribution in [1.82, 2.24) is 15.5 Å². The number of benzene rings is 1. The molecule has 1 atom stereocenters. The molecule has 0 saturated carbocycles. The van der Waals surface area contributed by atoms with Crippen LogP contribution < -0.4 is 10.6 Å². The third-order valence-corrected chi connectivity index (χ3v) is 4.05. The van der Waals surface area contributed by atoms with Crippen LogP contribution in [0.25, 0.3) is 11.0 Å². The first-order valence-corrected chi connectivity index (χ1v) is 8.38. The molecule has 0 unspecified atom stereocenters. The molecule has 2 N–H and O–H groups in total. The zero-order valence-corrected chi connectivity index (χ0v) is 15.0. The molecule has 7 heteroatoms. The van der Waals surface area contributed by atoms with Crippen molar-refractivity contribution in [2.75, 3.05) is 19.6 Å². The van der Waals surface area contributed by atoms with E-state index in [1.54, 1.807) is 19.9 Å². The highest BCUT2D eigenvalue weighted by Crippen LogP contribution is 2.29. The minimum absolute atomic E-state index is 0.00673. The summed E-state index contributed by atoms with van der Waals surface area (Å²) in [4.78, 5) is 25.5. The number of hydrogen-bond acceptors (Lipinski definition) is 3. The quantitative estimate of drug-likeness (QED) is 0.841. The van der Waals surface area contributed by atoms with Gasteiger partial charge in [-0.2, -0.15) is 0 Å². The second-order valence-corrected chi connectivity index (χ2v) is 5.87. The fraction of sp³-hybridized carbons (Fsp3) is 0.444. The van der Waals surface area contributed by atoms with E-state index in [1.165, 1.54) is 17.0 Å². The van der Waals surface area contributed by atoms with Crippen LogP contribution >= 0.6 is 0 Å². The number of nitrogens with zero attached hydrogens (tertiary/aromatic N) is 1. The van der Waals surface area contributed by atoms with Gasteiger partial charge >= 0.3 is 6.03 Å². The van der Waals surface area contributed by atoms with Crippen LogP contribution in [0.2, 0.25) is 0 Å². The van der Waals surface area contributed by atoms with Gasteiger partial charge < -0.3 is 20.0 Å². The molecular formula is C18H24FN3O3. The molecule has 0 aliphatic carbocycles. The molecule has 1 aromatic heterocycles. The van der Waals surface area contributed by atoms with Crippen LogP contribution in [0.4, 0.5) is 9.18 Å². The fourth-order valence-corrected chi connectivity index (χ4v) is 2.72. The van der Waals surface area contributed by atoms with Gasteiger partial charge in [0.15, 0.2) is 0 Å². The highest BCUT2D eigenvalue weighted by molar-refractivity contribution is 5.85. The van der Waals surface area contributed by atoms with E-state index in [-0.39, 0.29) is 24.3 Å². The minimum atomic E-state index is -0.411. The molecule has 0 radical (unpaired) electrons. The first kappa shape index (κ1) is 18.8. The van der Waals surface area contributed by atoms with Crippen molar-refractivity contribution in [2.45, 2.75) is 33.7 Å². The summed E-state index contributed by atoms with van der Waals surface area (Å²) in [6.45, 7) is 8.16. The van der Waals surface area contributed by atoms with Gasteiger partial charge in [-0.05, 0) is 45.9 Å². The summed E-state index contributed by atoms with van der Waals surface area (Å²) >= 11 is 0. The van der Waals surface area contributed by atoms with Crippen LogP contribution in [0.1, 0.15) is 38.1 Å². The van der Waals surface area contributed by atoms with Crippen LogP contribution in [-0.2, 0) is 4.79 Å². The Kier molecular flexibility index (Phi) is 6.01. The predicted molar refractivity (Wildman–Crippen MR) is 93.8 cm³/mol. The molecule has 1 heterocycles. The number of urea groups is 1. The predicted octanol–water partition coefficient (Wildman–Crippen LogP) is 3.11. The summed E-state index contributed by atoms with van der Waals surface area (Å²) in [5.41, 5.74) is 1.36. The fourth-order valence-electron chi connectivity index (χ4n) is 2.72. The summed E-state index contributed by atoms with van der Waals surface area (Å²) in [5, 5.41) is 6.18. The maximum absolute atomic E-state index is 13.4. The van der Waals surface area contributed by atoms with Crippen molar-refractivity contribution in [1.29, 1.82) is 0 Å². The second kappa shape index (κ2) is 8.00. The lowest BCUT2D eigenvalue weighted by Gasteiger charge is -2.23. The van der Waals surface area contributed by atoms with Crippen LogP contribution in [0.3, 0.4) is 0 Å². The summed E-state index contributed by atoms with van der Waals surface area (Å²) in [6, 6.07) is 3.56. The van der Waals surface area contributed by atoms with Gasteiger partial charge in [0.05, 0.1) is 6.04 Å². The van der Waals surface area contributed by atoms with Gasteiger partial charge in [-0.1, -0.05) is 0 Å². The van der Waals surface area contributed by atoms with E-state index in [9.17, 15) is 14.0 Å². The van der Waals surface area contributed by atoms with E-state index >= 15 is 0 Å². The van der Waals surface area contributed by atoms with E-state index in [2.05, 4.69) is 10.6 Å². The van der Waals surface area contributed by atoms with E-state index in [0.29, 0.717) is 29.8 Å². The molecule has 6 nitrogen and oxygen atoms in total. The number of nitrogens with one attached hydrogen (secondary N) is 2. The van der Waals surface area contributed by atoms with Gasteiger partial charge in [0.2, 0.25) is 5.91 Å². The number of likely N-dealkylation sites (N-methyl/N-ethyl adjacent to an activating group) is 2. The van der Waals surface area contributed by atoms with Gasteiger partial charge in [0, 0.05) is 24.0 Å². The standard InChI is InChI=1S/C18H24FN3O3/c1-5-20-16(23)10-22(6-2)18(24)21-12(4)17-11(3)14-9-13(19)7-8-15(14)25-17/h7-9,12H,5-6,10H2,1-4H3,(H,20,23)(H,21,24)/t12-/m1/s1. The Labute approximate surface area is 146 Å². The van der Waals surface area contributed by atoms with Crippen LogP contribution in [-0.4, -0.2) is 36.5 Å². The summed E-state index contributed by atoms with van der Waals surface area (Å²) < 4.78 is 19.2. The second-order valence-electron chi connectivity index (χ2n) is 5.87. The van der Waals surface area contributed by atoms with Gasteiger partial charge in [-0.15, -0.1) is 0 Å². The molecule has 3 amide bonds. The van der Waals surface area contributed by atoms with Crippen molar-refractivity contribution < 1.29 is 18.4 Å². The first-order valence-electron chi connectivity index (χ1n) is 8.38. The number of hydrogen-bond donors (Lipinski definition) is 2. The molecule has 1 aromatic carbocycles. The maximum atomic E-state index is 13.4. The molecule has 2 aromatic rings. The first-order chi connectivity index (χ1) is 11.9. The number of amides is 3. The minimum Gasteiger partial charge on any atom is -0.459 e. The van der Waals surface area contributed by atoms with Crippen LogP contribution in [0.15, 0.2) is 22.6 Å². The molecule has 0 aliphatic rings. The Morgan fingerprint density at radius 3 is 2.68 bits per heavy atom. The Hall–Kier alpha value is -2.57. The number of fused-ring (bicyclic) bond motifs is 1.